The molecule has 0 amide bonds. The molecular formula is C14H20N2O. The molecule has 2 aliphatic rings. The Kier molecular flexibility index (Phi) is 2.93. The predicted molar refractivity (Wildman–Crippen MR) is 69.8 cm³/mol. The van der Waals surface area contributed by atoms with Crippen molar-refractivity contribution in [3.8, 4) is 5.75 Å². The predicted octanol–water partition coefficient (Wildman–Crippen LogP) is 1.98. The van der Waals surface area contributed by atoms with Crippen molar-refractivity contribution in [2.75, 3.05) is 38.2 Å². The zero-order chi connectivity index (χ0) is 11.7. The highest BCUT2D eigenvalue weighted by Gasteiger charge is 2.31. The van der Waals surface area contributed by atoms with Crippen molar-refractivity contribution in [2.45, 2.75) is 18.9 Å². The molecule has 3 heteroatoms. The van der Waals surface area contributed by atoms with Crippen LogP contribution in [0.1, 0.15) is 12.8 Å². The van der Waals surface area contributed by atoms with Gasteiger partial charge in [0.05, 0.1) is 12.8 Å². The highest BCUT2D eigenvalue weighted by atomic mass is 16.5. The van der Waals surface area contributed by atoms with Gasteiger partial charge in [0.15, 0.2) is 0 Å². The van der Waals surface area contributed by atoms with Crippen molar-refractivity contribution in [3.63, 3.8) is 0 Å². The summed E-state index contributed by atoms with van der Waals surface area (Å²) in [6, 6.07) is 9.11. The molecule has 2 heterocycles. The Morgan fingerprint density at radius 2 is 2.06 bits per heavy atom. The number of para-hydroxylation sites is 2. The molecule has 0 aromatic heterocycles. The highest BCUT2D eigenvalue weighted by Crippen LogP contribution is 2.31. The van der Waals surface area contributed by atoms with Crippen LogP contribution in [0.3, 0.4) is 0 Å². The summed E-state index contributed by atoms with van der Waals surface area (Å²) in [5.41, 5.74) is 1.25. The van der Waals surface area contributed by atoms with Crippen LogP contribution >= 0.6 is 0 Å². The monoisotopic (exact) mass is 232 g/mol. The Bertz CT molecular complexity index is 394. The van der Waals surface area contributed by atoms with Gasteiger partial charge in [-0.1, -0.05) is 12.1 Å². The van der Waals surface area contributed by atoms with E-state index in [1.54, 1.807) is 7.11 Å². The van der Waals surface area contributed by atoms with E-state index in [-0.39, 0.29) is 0 Å². The van der Waals surface area contributed by atoms with Gasteiger partial charge in [-0.05, 0) is 31.5 Å². The van der Waals surface area contributed by atoms with E-state index in [1.165, 1.54) is 31.6 Å². The SMILES string of the molecule is COc1ccccc1N1CCN2CCCC2C1. The molecule has 2 aliphatic heterocycles. The van der Waals surface area contributed by atoms with E-state index in [0.717, 1.165) is 24.9 Å². The van der Waals surface area contributed by atoms with Crippen LogP contribution in [-0.2, 0) is 0 Å². The average Bonchev–Trinajstić information content (AvgIpc) is 2.85. The number of hydrogen-bond acceptors (Lipinski definition) is 3. The number of benzene rings is 1. The van der Waals surface area contributed by atoms with Crippen LogP contribution in [-0.4, -0.2) is 44.2 Å². The maximum absolute atomic E-state index is 5.45. The third-order valence-electron chi connectivity index (χ3n) is 4.01. The molecule has 3 rings (SSSR count). The number of ether oxygens (including phenoxy) is 1. The summed E-state index contributed by atoms with van der Waals surface area (Å²) < 4.78 is 5.45. The van der Waals surface area contributed by atoms with Gasteiger partial charge in [0.1, 0.15) is 5.75 Å². The van der Waals surface area contributed by atoms with Gasteiger partial charge in [0, 0.05) is 25.7 Å². The molecule has 92 valence electrons. The van der Waals surface area contributed by atoms with Crippen molar-refractivity contribution in [1.29, 1.82) is 0 Å². The molecule has 2 fully saturated rings. The molecule has 0 aliphatic carbocycles. The van der Waals surface area contributed by atoms with Crippen molar-refractivity contribution in [3.05, 3.63) is 24.3 Å². The van der Waals surface area contributed by atoms with Gasteiger partial charge in [0.25, 0.3) is 0 Å². The standard InChI is InChI=1S/C14H20N2O/c1-17-14-7-3-2-6-13(14)16-10-9-15-8-4-5-12(15)11-16/h2-3,6-7,12H,4-5,8-11H2,1H3. The molecule has 1 aromatic rings. The first-order chi connectivity index (χ1) is 8.38. The second-order valence-electron chi connectivity index (χ2n) is 4.95. The average molecular weight is 232 g/mol. The van der Waals surface area contributed by atoms with Gasteiger partial charge < -0.3 is 9.64 Å². The zero-order valence-electron chi connectivity index (χ0n) is 10.4. The molecule has 17 heavy (non-hydrogen) atoms. The first-order valence-electron chi connectivity index (χ1n) is 6.50. The fourth-order valence-electron chi connectivity index (χ4n) is 3.10. The maximum atomic E-state index is 5.45. The lowest BCUT2D eigenvalue weighted by atomic mass is 10.1. The van der Waals surface area contributed by atoms with E-state index in [1.807, 2.05) is 6.07 Å². The molecule has 0 radical (unpaired) electrons. The molecule has 1 aromatic carbocycles. The molecule has 1 atom stereocenters. The minimum absolute atomic E-state index is 0.758. The number of methoxy groups -OCH3 is 1. The molecule has 0 N–H and O–H groups in total. The van der Waals surface area contributed by atoms with E-state index >= 15 is 0 Å². The molecule has 3 nitrogen and oxygen atoms in total. The van der Waals surface area contributed by atoms with Crippen LogP contribution in [0.25, 0.3) is 0 Å². The van der Waals surface area contributed by atoms with Crippen molar-refractivity contribution in [2.24, 2.45) is 0 Å². The smallest absolute Gasteiger partial charge is 0.142 e. The molecule has 1 unspecified atom stereocenters. The van der Waals surface area contributed by atoms with Crippen molar-refractivity contribution < 1.29 is 4.74 Å². The van der Waals surface area contributed by atoms with E-state index in [4.69, 9.17) is 4.74 Å². The third kappa shape index (κ3) is 2.00. The quantitative estimate of drug-likeness (QED) is 0.775. The number of piperazine rings is 1. The number of anilines is 1. The topological polar surface area (TPSA) is 15.7 Å². The first-order valence-corrected chi connectivity index (χ1v) is 6.50. The van der Waals surface area contributed by atoms with Crippen LogP contribution in [0.15, 0.2) is 24.3 Å². The van der Waals surface area contributed by atoms with Gasteiger partial charge in [-0.2, -0.15) is 0 Å². The van der Waals surface area contributed by atoms with Crippen molar-refractivity contribution in [1.82, 2.24) is 4.90 Å². The third-order valence-corrected chi connectivity index (χ3v) is 4.01. The fraction of sp³-hybridized carbons (Fsp3) is 0.571. The van der Waals surface area contributed by atoms with E-state index in [2.05, 4.69) is 28.0 Å². The van der Waals surface area contributed by atoms with Gasteiger partial charge in [-0.3, -0.25) is 4.90 Å². The van der Waals surface area contributed by atoms with Gasteiger partial charge in [0.2, 0.25) is 0 Å². The molecular weight excluding hydrogens is 212 g/mol. The van der Waals surface area contributed by atoms with Crippen molar-refractivity contribution >= 4 is 5.69 Å². The van der Waals surface area contributed by atoms with Gasteiger partial charge in [-0.15, -0.1) is 0 Å². The summed E-state index contributed by atoms with van der Waals surface area (Å²) in [4.78, 5) is 5.11. The Hall–Kier alpha value is -1.22. The van der Waals surface area contributed by atoms with E-state index in [0.29, 0.717) is 0 Å². The zero-order valence-corrected chi connectivity index (χ0v) is 10.4. The molecule has 0 bridgehead atoms. The Morgan fingerprint density at radius 3 is 2.94 bits per heavy atom. The Labute approximate surface area is 103 Å². The molecule has 2 saturated heterocycles. The highest BCUT2D eigenvalue weighted by molar-refractivity contribution is 5.58. The summed E-state index contributed by atoms with van der Waals surface area (Å²) in [5, 5.41) is 0. The van der Waals surface area contributed by atoms with Crippen LogP contribution in [0.2, 0.25) is 0 Å². The minimum Gasteiger partial charge on any atom is -0.495 e. The molecule has 0 saturated carbocycles. The first kappa shape index (κ1) is 10.9. The summed E-state index contributed by atoms with van der Waals surface area (Å²) in [6.07, 6.45) is 2.72. The largest absolute Gasteiger partial charge is 0.495 e. The molecule has 0 spiro atoms. The van der Waals surface area contributed by atoms with Gasteiger partial charge in [-0.25, -0.2) is 0 Å². The number of hydrogen-bond donors (Lipinski definition) is 0. The number of nitrogens with zero attached hydrogens (tertiary/aromatic N) is 2. The second kappa shape index (κ2) is 4.57. The van der Waals surface area contributed by atoms with Crippen LogP contribution in [0.5, 0.6) is 5.75 Å². The summed E-state index contributed by atoms with van der Waals surface area (Å²) in [7, 11) is 1.75. The lowest BCUT2D eigenvalue weighted by Crippen LogP contribution is -2.50. The summed E-state index contributed by atoms with van der Waals surface area (Å²) >= 11 is 0. The van der Waals surface area contributed by atoms with Crippen LogP contribution in [0, 0.1) is 0 Å². The van der Waals surface area contributed by atoms with E-state index < -0.39 is 0 Å². The number of rotatable bonds is 2. The van der Waals surface area contributed by atoms with Crippen LogP contribution in [0.4, 0.5) is 5.69 Å². The van der Waals surface area contributed by atoms with E-state index in [9.17, 15) is 0 Å². The maximum Gasteiger partial charge on any atom is 0.142 e. The fourth-order valence-corrected chi connectivity index (χ4v) is 3.10. The minimum atomic E-state index is 0.758. The normalized spacial score (nSPS) is 24.8. The Balaban J connectivity index is 1.80. The van der Waals surface area contributed by atoms with Crippen LogP contribution < -0.4 is 9.64 Å². The lowest BCUT2D eigenvalue weighted by molar-refractivity contribution is 0.230. The lowest BCUT2D eigenvalue weighted by Gasteiger charge is -2.39. The van der Waals surface area contributed by atoms with Gasteiger partial charge >= 0.3 is 0 Å². The summed E-state index contributed by atoms with van der Waals surface area (Å²) in [6.45, 7) is 4.77. The second-order valence-corrected chi connectivity index (χ2v) is 4.95. The Morgan fingerprint density at radius 1 is 1.18 bits per heavy atom. The summed E-state index contributed by atoms with van der Waals surface area (Å²) in [5.74, 6) is 0.999. The number of fused-ring (bicyclic) bond motifs is 1.